The summed E-state index contributed by atoms with van der Waals surface area (Å²) in [5.74, 6) is 1.09. The van der Waals surface area contributed by atoms with Gasteiger partial charge in [-0.05, 0) is 62.7 Å². The molecule has 0 radical (unpaired) electrons. The third kappa shape index (κ3) is 8.20. The van der Waals surface area contributed by atoms with Gasteiger partial charge in [0.25, 0.3) is 0 Å². The topological polar surface area (TPSA) is 23.5 Å². The number of likely N-dealkylation sites (tertiary alicyclic amines) is 1. The molecule has 1 N–H and O–H groups in total. The van der Waals surface area contributed by atoms with E-state index in [-0.39, 0.29) is 30.9 Å². The van der Waals surface area contributed by atoms with E-state index in [9.17, 15) is 5.11 Å². The second-order valence-electron chi connectivity index (χ2n) is 7.28. The zero-order valence-corrected chi connectivity index (χ0v) is 16.8. The highest BCUT2D eigenvalue weighted by atomic mass is 35.5. The van der Waals surface area contributed by atoms with Crippen LogP contribution in [0.15, 0.2) is 30.3 Å². The van der Waals surface area contributed by atoms with E-state index in [4.69, 9.17) is 0 Å². The Hall–Kier alpha value is -0.280. The molecule has 1 fully saturated rings. The fraction of sp³-hybridized carbons (Fsp3) is 0.700. The van der Waals surface area contributed by atoms with Crippen LogP contribution < -0.4 is 0 Å². The van der Waals surface area contributed by atoms with Crippen molar-refractivity contribution in [3.8, 4) is 0 Å². The van der Waals surface area contributed by atoms with Crippen molar-refractivity contribution < 1.29 is 5.11 Å². The van der Waals surface area contributed by atoms with E-state index >= 15 is 0 Å². The summed E-state index contributed by atoms with van der Waals surface area (Å²) in [6, 6.07) is 10.2. The second-order valence-corrected chi connectivity index (χ2v) is 7.28. The molecule has 0 amide bonds. The summed E-state index contributed by atoms with van der Waals surface area (Å²) in [4.78, 5) is 2.59. The third-order valence-corrected chi connectivity index (χ3v) is 4.97. The van der Waals surface area contributed by atoms with Crippen molar-refractivity contribution >= 4 is 24.8 Å². The van der Waals surface area contributed by atoms with Gasteiger partial charge in [-0.2, -0.15) is 0 Å². The summed E-state index contributed by atoms with van der Waals surface area (Å²) in [5, 5.41) is 10.8. The Morgan fingerprint density at radius 3 is 2.12 bits per heavy atom. The molecular formula is C20H35Cl2NO. The van der Waals surface area contributed by atoms with Crippen LogP contribution in [0.3, 0.4) is 0 Å². The van der Waals surface area contributed by atoms with E-state index in [0.717, 1.165) is 24.9 Å². The molecule has 0 bridgehead atoms. The molecule has 1 aliphatic heterocycles. The minimum Gasteiger partial charge on any atom is -0.388 e. The molecule has 0 saturated carbocycles. The molecule has 1 aromatic rings. The summed E-state index contributed by atoms with van der Waals surface area (Å²) in [6.45, 7) is 8.19. The lowest BCUT2D eigenvalue weighted by Crippen LogP contribution is -2.32. The van der Waals surface area contributed by atoms with Gasteiger partial charge in [0.05, 0.1) is 6.10 Å². The van der Waals surface area contributed by atoms with Crippen LogP contribution in [0.2, 0.25) is 0 Å². The largest absolute Gasteiger partial charge is 0.388 e. The maximum absolute atomic E-state index is 10.8. The van der Waals surface area contributed by atoms with Gasteiger partial charge in [0.15, 0.2) is 0 Å². The van der Waals surface area contributed by atoms with Crippen molar-refractivity contribution in [3.63, 3.8) is 0 Å². The minimum atomic E-state index is -0.315. The summed E-state index contributed by atoms with van der Waals surface area (Å²) >= 11 is 0. The van der Waals surface area contributed by atoms with Crippen molar-refractivity contribution in [2.45, 2.75) is 58.5 Å². The van der Waals surface area contributed by atoms with E-state index in [1.165, 1.54) is 38.8 Å². The SMILES string of the molecule is CC(C)CCC(CCN1CCCCC1)C(O)c1ccccc1.Cl.Cl. The Bertz CT molecular complexity index is 407. The Morgan fingerprint density at radius 1 is 0.917 bits per heavy atom. The van der Waals surface area contributed by atoms with Gasteiger partial charge in [0.1, 0.15) is 0 Å². The molecule has 0 aliphatic carbocycles. The molecule has 2 atom stereocenters. The van der Waals surface area contributed by atoms with Crippen molar-refractivity contribution in [3.05, 3.63) is 35.9 Å². The van der Waals surface area contributed by atoms with Crippen molar-refractivity contribution in [2.24, 2.45) is 11.8 Å². The van der Waals surface area contributed by atoms with Gasteiger partial charge in [0.2, 0.25) is 0 Å². The van der Waals surface area contributed by atoms with Crippen LogP contribution in [0.5, 0.6) is 0 Å². The first-order valence-electron chi connectivity index (χ1n) is 9.12. The van der Waals surface area contributed by atoms with Crippen molar-refractivity contribution in [1.29, 1.82) is 0 Å². The van der Waals surface area contributed by atoms with E-state index in [2.05, 4.69) is 30.9 Å². The zero-order chi connectivity index (χ0) is 15.8. The average Bonchev–Trinajstić information content (AvgIpc) is 2.56. The Kier molecular flexibility index (Phi) is 12.8. The molecule has 1 heterocycles. The fourth-order valence-corrected chi connectivity index (χ4v) is 3.46. The predicted molar refractivity (Wildman–Crippen MR) is 108 cm³/mol. The molecule has 2 rings (SSSR count). The lowest BCUT2D eigenvalue weighted by Gasteiger charge is -2.30. The van der Waals surface area contributed by atoms with Gasteiger partial charge >= 0.3 is 0 Å². The first-order chi connectivity index (χ1) is 10.7. The zero-order valence-electron chi connectivity index (χ0n) is 15.2. The van der Waals surface area contributed by atoms with Gasteiger partial charge in [0, 0.05) is 0 Å². The lowest BCUT2D eigenvalue weighted by atomic mass is 9.86. The maximum Gasteiger partial charge on any atom is 0.0818 e. The van der Waals surface area contributed by atoms with Gasteiger partial charge in [-0.25, -0.2) is 0 Å². The highest BCUT2D eigenvalue weighted by Gasteiger charge is 2.22. The van der Waals surface area contributed by atoms with Crippen LogP contribution in [0, 0.1) is 11.8 Å². The number of halogens is 2. The predicted octanol–water partition coefficient (Wildman–Crippen LogP) is 5.49. The second kappa shape index (κ2) is 13.0. The van der Waals surface area contributed by atoms with E-state index < -0.39 is 0 Å². The number of hydrogen-bond donors (Lipinski definition) is 1. The lowest BCUT2D eigenvalue weighted by molar-refractivity contribution is 0.0829. The highest BCUT2D eigenvalue weighted by molar-refractivity contribution is 5.85. The molecule has 0 spiro atoms. The molecule has 140 valence electrons. The molecule has 2 unspecified atom stereocenters. The molecule has 0 aromatic heterocycles. The summed E-state index contributed by atoms with van der Waals surface area (Å²) < 4.78 is 0. The summed E-state index contributed by atoms with van der Waals surface area (Å²) in [6.07, 6.45) is 7.21. The Balaban J connectivity index is 0.00000264. The molecule has 24 heavy (non-hydrogen) atoms. The van der Waals surface area contributed by atoms with Crippen molar-refractivity contribution in [1.82, 2.24) is 4.90 Å². The minimum absolute atomic E-state index is 0. The van der Waals surface area contributed by atoms with Crippen LogP contribution in [0.4, 0.5) is 0 Å². The average molecular weight is 376 g/mol. The van der Waals surface area contributed by atoms with Crippen LogP contribution >= 0.6 is 24.8 Å². The fourth-order valence-electron chi connectivity index (χ4n) is 3.46. The van der Waals surface area contributed by atoms with E-state index in [1.807, 2.05) is 18.2 Å². The van der Waals surface area contributed by atoms with Gasteiger partial charge in [-0.1, -0.05) is 57.0 Å². The monoisotopic (exact) mass is 375 g/mol. The maximum atomic E-state index is 10.8. The number of hydrogen-bond acceptors (Lipinski definition) is 2. The van der Waals surface area contributed by atoms with Crippen LogP contribution in [-0.2, 0) is 0 Å². The Morgan fingerprint density at radius 2 is 1.54 bits per heavy atom. The molecule has 2 nitrogen and oxygen atoms in total. The first kappa shape index (κ1) is 23.7. The molecule has 1 saturated heterocycles. The third-order valence-electron chi connectivity index (χ3n) is 4.97. The smallest absolute Gasteiger partial charge is 0.0818 e. The van der Waals surface area contributed by atoms with E-state index in [0.29, 0.717) is 11.8 Å². The number of rotatable bonds is 8. The molecule has 4 heteroatoms. The van der Waals surface area contributed by atoms with Crippen LogP contribution in [-0.4, -0.2) is 29.6 Å². The van der Waals surface area contributed by atoms with Gasteiger partial charge in [-0.3, -0.25) is 0 Å². The number of piperidine rings is 1. The highest BCUT2D eigenvalue weighted by Crippen LogP contribution is 2.30. The molecule has 1 aromatic carbocycles. The van der Waals surface area contributed by atoms with Crippen molar-refractivity contribution in [2.75, 3.05) is 19.6 Å². The van der Waals surface area contributed by atoms with Gasteiger partial charge < -0.3 is 10.0 Å². The normalized spacial score (nSPS) is 17.7. The number of nitrogens with zero attached hydrogens (tertiary/aromatic N) is 1. The Labute approximate surface area is 160 Å². The van der Waals surface area contributed by atoms with E-state index in [1.54, 1.807) is 0 Å². The number of benzene rings is 1. The van der Waals surface area contributed by atoms with Crippen LogP contribution in [0.1, 0.15) is 64.0 Å². The van der Waals surface area contributed by atoms with Gasteiger partial charge in [-0.15, -0.1) is 24.8 Å². The van der Waals surface area contributed by atoms with Crippen LogP contribution in [0.25, 0.3) is 0 Å². The standard InChI is InChI=1S/C20H33NO.2ClH/c1-17(2)11-12-19(13-16-21-14-7-4-8-15-21)20(22)18-9-5-3-6-10-18;;/h3,5-6,9-10,17,19-20,22H,4,7-8,11-16H2,1-2H3;2*1H. The molecular weight excluding hydrogens is 341 g/mol. The first-order valence-corrected chi connectivity index (χ1v) is 9.12. The summed E-state index contributed by atoms with van der Waals surface area (Å²) in [7, 11) is 0. The number of aliphatic hydroxyl groups excluding tert-OH is 1. The number of aliphatic hydroxyl groups is 1. The summed E-state index contributed by atoms with van der Waals surface area (Å²) in [5.41, 5.74) is 1.08. The quantitative estimate of drug-likeness (QED) is 0.648. The molecule has 1 aliphatic rings.